The number of halogens is 1. The van der Waals surface area contributed by atoms with Crippen LogP contribution in [0.25, 0.3) is 10.6 Å². The molecule has 0 aliphatic carbocycles. The number of ether oxygens (including phenoxy) is 2. The van der Waals surface area contributed by atoms with E-state index in [0.29, 0.717) is 36.8 Å². The summed E-state index contributed by atoms with van der Waals surface area (Å²) in [4.78, 5) is 6.46. The molecule has 0 unspecified atom stereocenters. The number of aromatic nitrogens is 1. The number of sulfonamides is 1. The number of hydrogen-bond donors (Lipinski definition) is 0. The van der Waals surface area contributed by atoms with Crippen LogP contribution in [0.4, 0.5) is 4.39 Å². The standard InChI is InChI=1S/C21H20FN3O4S2/c22-17-4-2-16(3-5-17)21-23-12-20(30-21)31(26,27)25-9-7-24(8-10-25)13-15-1-6-18-19(11-15)29-14-28-18/h1-6,11-12H,7-10,13-14H2. The predicted octanol–water partition coefficient (Wildman–Crippen LogP) is 3.18. The van der Waals surface area contributed by atoms with Crippen molar-refractivity contribution in [3.63, 3.8) is 0 Å². The zero-order valence-electron chi connectivity index (χ0n) is 16.5. The van der Waals surface area contributed by atoms with Gasteiger partial charge < -0.3 is 9.47 Å². The van der Waals surface area contributed by atoms with E-state index in [0.717, 1.165) is 34.9 Å². The highest BCUT2D eigenvalue weighted by Gasteiger charge is 2.30. The van der Waals surface area contributed by atoms with Gasteiger partial charge in [0.1, 0.15) is 10.8 Å². The van der Waals surface area contributed by atoms with Gasteiger partial charge in [-0.3, -0.25) is 4.90 Å². The highest BCUT2D eigenvalue weighted by atomic mass is 32.2. The molecule has 2 aromatic carbocycles. The first-order valence-corrected chi connectivity index (χ1v) is 12.1. The van der Waals surface area contributed by atoms with Crippen LogP contribution in [0, 0.1) is 5.82 Å². The molecule has 2 aliphatic heterocycles. The molecule has 1 aromatic heterocycles. The lowest BCUT2D eigenvalue weighted by atomic mass is 10.2. The zero-order chi connectivity index (χ0) is 21.4. The molecule has 1 fully saturated rings. The van der Waals surface area contributed by atoms with Crippen LogP contribution in [0.15, 0.2) is 52.9 Å². The molecule has 162 valence electrons. The second kappa shape index (κ2) is 8.19. The Morgan fingerprint density at radius 3 is 2.52 bits per heavy atom. The lowest BCUT2D eigenvalue weighted by Gasteiger charge is -2.33. The van der Waals surface area contributed by atoms with Crippen LogP contribution in [0.3, 0.4) is 0 Å². The van der Waals surface area contributed by atoms with E-state index >= 15 is 0 Å². The zero-order valence-corrected chi connectivity index (χ0v) is 18.2. The molecule has 0 radical (unpaired) electrons. The summed E-state index contributed by atoms with van der Waals surface area (Å²) in [5.74, 6) is 1.16. The van der Waals surface area contributed by atoms with Crippen molar-refractivity contribution < 1.29 is 22.3 Å². The quantitative estimate of drug-likeness (QED) is 0.581. The van der Waals surface area contributed by atoms with Gasteiger partial charge in [-0.15, -0.1) is 11.3 Å². The summed E-state index contributed by atoms with van der Waals surface area (Å²) >= 11 is 1.10. The van der Waals surface area contributed by atoms with Gasteiger partial charge in [-0.1, -0.05) is 6.07 Å². The Kier molecular flexibility index (Phi) is 5.39. The SMILES string of the molecule is O=S(=O)(c1cnc(-c2ccc(F)cc2)s1)N1CCN(Cc2ccc3c(c2)OCO3)CC1. The van der Waals surface area contributed by atoms with Gasteiger partial charge in [0.15, 0.2) is 15.7 Å². The fourth-order valence-corrected chi connectivity index (χ4v) is 6.37. The second-order valence-corrected chi connectivity index (χ2v) is 10.6. The topological polar surface area (TPSA) is 72.0 Å². The minimum absolute atomic E-state index is 0.205. The minimum Gasteiger partial charge on any atom is -0.454 e. The normalized spacial score (nSPS) is 17.2. The van der Waals surface area contributed by atoms with Gasteiger partial charge in [-0.25, -0.2) is 17.8 Å². The van der Waals surface area contributed by atoms with Gasteiger partial charge in [0.05, 0.1) is 6.20 Å². The third-order valence-corrected chi connectivity index (χ3v) is 8.73. The number of hydrogen-bond acceptors (Lipinski definition) is 7. The molecule has 5 rings (SSSR count). The summed E-state index contributed by atoms with van der Waals surface area (Å²) in [6.07, 6.45) is 1.39. The number of rotatable bonds is 5. The Bertz CT molecular complexity index is 1190. The summed E-state index contributed by atoms with van der Waals surface area (Å²) in [5, 5.41) is 0.556. The first-order valence-electron chi connectivity index (χ1n) is 9.82. The first kappa shape index (κ1) is 20.4. The first-order chi connectivity index (χ1) is 15.0. The maximum Gasteiger partial charge on any atom is 0.254 e. The summed E-state index contributed by atoms with van der Waals surface area (Å²) in [7, 11) is -3.61. The van der Waals surface area contributed by atoms with E-state index < -0.39 is 10.0 Å². The van der Waals surface area contributed by atoms with Crippen LogP contribution in [-0.2, 0) is 16.6 Å². The van der Waals surface area contributed by atoms with Gasteiger partial charge >= 0.3 is 0 Å². The van der Waals surface area contributed by atoms with Crippen molar-refractivity contribution in [1.82, 2.24) is 14.2 Å². The second-order valence-electron chi connectivity index (χ2n) is 7.36. The van der Waals surface area contributed by atoms with E-state index in [2.05, 4.69) is 9.88 Å². The van der Waals surface area contributed by atoms with Crippen molar-refractivity contribution in [1.29, 1.82) is 0 Å². The number of thiazole rings is 1. The third-order valence-electron chi connectivity index (χ3n) is 5.34. The summed E-state index contributed by atoms with van der Waals surface area (Å²) < 4.78 is 51.7. The molecule has 0 spiro atoms. The van der Waals surface area contributed by atoms with Crippen LogP contribution in [-0.4, -0.2) is 55.6 Å². The molecule has 2 aliphatic rings. The van der Waals surface area contributed by atoms with Gasteiger partial charge in [0.2, 0.25) is 6.79 Å². The highest BCUT2D eigenvalue weighted by molar-refractivity contribution is 7.91. The third kappa shape index (κ3) is 4.16. The molecule has 1 saturated heterocycles. The Hall–Kier alpha value is -2.53. The Labute approximate surface area is 183 Å². The van der Waals surface area contributed by atoms with Crippen LogP contribution in [0.2, 0.25) is 0 Å². The van der Waals surface area contributed by atoms with Gasteiger partial charge in [0, 0.05) is 38.3 Å². The Morgan fingerprint density at radius 1 is 1.00 bits per heavy atom. The summed E-state index contributed by atoms with van der Waals surface area (Å²) in [6, 6.07) is 11.7. The molecule has 0 bridgehead atoms. The largest absolute Gasteiger partial charge is 0.454 e. The molecule has 0 atom stereocenters. The van der Waals surface area contributed by atoms with E-state index in [4.69, 9.17) is 9.47 Å². The minimum atomic E-state index is -3.61. The van der Waals surface area contributed by atoms with Crippen molar-refractivity contribution in [2.75, 3.05) is 33.0 Å². The van der Waals surface area contributed by atoms with Crippen molar-refractivity contribution in [3.8, 4) is 22.1 Å². The molecule has 10 heteroatoms. The van der Waals surface area contributed by atoms with Gasteiger partial charge in [-0.05, 0) is 42.0 Å². The summed E-state index contributed by atoms with van der Waals surface area (Å²) in [5.41, 5.74) is 1.80. The van der Waals surface area contributed by atoms with Crippen LogP contribution >= 0.6 is 11.3 Å². The lowest BCUT2D eigenvalue weighted by molar-refractivity contribution is 0.173. The highest BCUT2D eigenvalue weighted by Crippen LogP contribution is 2.33. The molecular formula is C21H20FN3O4S2. The van der Waals surface area contributed by atoms with Crippen molar-refractivity contribution in [2.24, 2.45) is 0 Å². The smallest absolute Gasteiger partial charge is 0.254 e. The van der Waals surface area contributed by atoms with Crippen molar-refractivity contribution in [2.45, 2.75) is 10.8 Å². The van der Waals surface area contributed by atoms with E-state index in [1.807, 2.05) is 18.2 Å². The Balaban J connectivity index is 1.23. The fourth-order valence-electron chi connectivity index (χ4n) is 3.66. The van der Waals surface area contributed by atoms with Crippen LogP contribution in [0.5, 0.6) is 11.5 Å². The average molecular weight is 462 g/mol. The van der Waals surface area contributed by atoms with E-state index in [9.17, 15) is 12.8 Å². The molecule has 0 amide bonds. The lowest BCUT2D eigenvalue weighted by Crippen LogP contribution is -2.48. The van der Waals surface area contributed by atoms with Crippen molar-refractivity contribution in [3.05, 3.63) is 60.0 Å². The van der Waals surface area contributed by atoms with Crippen LogP contribution < -0.4 is 9.47 Å². The molecule has 3 heterocycles. The number of fused-ring (bicyclic) bond motifs is 1. The Morgan fingerprint density at radius 2 is 1.74 bits per heavy atom. The van der Waals surface area contributed by atoms with E-state index in [-0.39, 0.29) is 16.8 Å². The maximum absolute atomic E-state index is 13.1. The van der Waals surface area contributed by atoms with E-state index in [1.165, 1.54) is 22.6 Å². The van der Waals surface area contributed by atoms with E-state index in [1.54, 1.807) is 12.1 Å². The van der Waals surface area contributed by atoms with Gasteiger partial charge in [0.25, 0.3) is 10.0 Å². The maximum atomic E-state index is 13.1. The van der Waals surface area contributed by atoms with Gasteiger partial charge in [-0.2, -0.15) is 4.31 Å². The molecule has 0 saturated carbocycles. The number of benzene rings is 2. The molecular weight excluding hydrogens is 441 g/mol. The monoisotopic (exact) mass is 461 g/mol. The van der Waals surface area contributed by atoms with Crippen LogP contribution in [0.1, 0.15) is 5.56 Å². The van der Waals surface area contributed by atoms with Crippen molar-refractivity contribution >= 4 is 21.4 Å². The number of nitrogens with zero attached hydrogens (tertiary/aromatic N) is 3. The molecule has 31 heavy (non-hydrogen) atoms. The summed E-state index contributed by atoms with van der Waals surface area (Å²) in [6.45, 7) is 3.07. The molecule has 3 aromatic rings. The predicted molar refractivity (Wildman–Crippen MR) is 114 cm³/mol. The molecule has 7 nitrogen and oxygen atoms in total. The average Bonchev–Trinajstić information content (AvgIpc) is 3.44. The fraction of sp³-hybridized carbons (Fsp3) is 0.286. The molecule has 0 N–H and O–H groups in total. The number of piperazine rings is 1.